The Balaban J connectivity index is 3.85. The van der Waals surface area contributed by atoms with Crippen LogP contribution in [0.3, 0.4) is 0 Å². The Morgan fingerprint density at radius 1 is 0.917 bits per heavy atom. The molecule has 0 heterocycles. The van der Waals surface area contributed by atoms with Crippen LogP contribution in [0.2, 0.25) is 0 Å². The average molecular weight is 345 g/mol. The van der Waals surface area contributed by atoms with Crippen LogP contribution in [0.1, 0.15) is 85.5 Å². The van der Waals surface area contributed by atoms with Crippen LogP contribution >= 0.6 is 0 Å². The molecule has 0 fully saturated rings. The lowest BCUT2D eigenvalue weighted by molar-refractivity contribution is -0.123. The Hall–Kier alpha value is -0.450. The standard InChI is InChI=1S/C20H40O4/c1-16(9-10-19(23)18(3)11-14-21)7-5-12-20(4,24)13-6-8-17(2)15-22/h16-18,21-22,24H,5-15H2,1-4H3/t16-,17?,18?,20-/m0/s1. The van der Waals surface area contributed by atoms with E-state index in [0.717, 1.165) is 44.9 Å². The van der Waals surface area contributed by atoms with Gasteiger partial charge in [0.15, 0.2) is 0 Å². The van der Waals surface area contributed by atoms with Gasteiger partial charge in [0.25, 0.3) is 0 Å². The summed E-state index contributed by atoms with van der Waals surface area (Å²) in [7, 11) is 0. The molecule has 2 unspecified atom stereocenters. The van der Waals surface area contributed by atoms with Gasteiger partial charge in [-0.25, -0.2) is 0 Å². The van der Waals surface area contributed by atoms with E-state index in [1.807, 2.05) is 20.8 Å². The highest BCUT2D eigenvalue weighted by atomic mass is 16.3. The van der Waals surface area contributed by atoms with Crippen molar-refractivity contribution < 1.29 is 20.1 Å². The van der Waals surface area contributed by atoms with Crippen LogP contribution in [-0.4, -0.2) is 39.9 Å². The first-order valence-electron chi connectivity index (χ1n) is 9.68. The lowest BCUT2D eigenvalue weighted by Crippen LogP contribution is -2.24. The van der Waals surface area contributed by atoms with Gasteiger partial charge in [0, 0.05) is 25.6 Å². The van der Waals surface area contributed by atoms with Gasteiger partial charge in [-0.1, -0.05) is 40.0 Å². The van der Waals surface area contributed by atoms with E-state index < -0.39 is 5.60 Å². The minimum atomic E-state index is -0.625. The van der Waals surface area contributed by atoms with E-state index in [1.165, 1.54) is 0 Å². The molecule has 4 heteroatoms. The van der Waals surface area contributed by atoms with Gasteiger partial charge in [0.1, 0.15) is 5.78 Å². The molecule has 0 aromatic rings. The van der Waals surface area contributed by atoms with Gasteiger partial charge in [-0.2, -0.15) is 0 Å². The maximum atomic E-state index is 11.9. The van der Waals surface area contributed by atoms with Gasteiger partial charge < -0.3 is 15.3 Å². The number of hydrogen-bond donors (Lipinski definition) is 3. The number of aliphatic hydroxyl groups excluding tert-OH is 2. The van der Waals surface area contributed by atoms with E-state index in [1.54, 1.807) is 0 Å². The Morgan fingerprint density at radius 3 is 1.96 bits per heavy atom. The minimum absolute atomic E-state index is 0.0377. The van der Waals surface area contributed by atoms with Crippen molar-refractivity contribution in [1.29, 1.82) is 0 Å². The predicted octanol–water partition coefficient (Wildman–Crippen LogP) is 3.71. The normalized spacial score (nSPS) is 18.0. The molecule has 144 valence electrons. The number of aliphatic hydroxyl groups is 3. The van der Waals surface area contributed by atoms with E-state index in [2.05, 4.69) is 6.92 Å². The van der Waals surface area contributed by atoms with Gasteiger partial charge in [0.2, 0.25) is 0 Å². The molecule has 0 amide bonds. The zero-order valence-corrected chi connectivity index (χ0v) is 16.3. The summed E-state index contributed by atoms with van der Waals surface area (Å²) < 4.78 is 0. The lowest BCUT2D eigenvalue weighted by atomic mass is 9.88. The SMILES string of the molecule is CC(CO)CCC[C@@](C)(O)CCC[C@H](C)CCC(=O)C(C)CCO. The van der Waals surface area contributed by atoms with E-state index in [4.69, 9.17) is 10.2 Å². The largest absolute Gasteiger partial charge is 0.396 e. The van der Waals surface area contributed by atoms with Crippen molar-refractivity contribution in [2.24, 2.45) is 17.8 Å². The van der Waals surface area contributed by atoms with Gasteiger partial charge in [-0.15, -0.1) is 0 Å². The Labute approximate surface area is 148 Å². The minimum Gasteiger partial charge on any atom is -0.396 e. The summed E-state index contributed by atoms with van der Waals surface area (Å²) in [5.41, 5.74) is -0.625. The second kappa shape index (κ2) is 12.8. The first kappa shape index (κ1) is 23.5. The number of hydrogen-bond acceptors (Lipinski definition) is 4. The smallest absolute Gasteiger partial charge is 0.135 e. The fourth-order valence-electron chi connectivity index (χ4n) is 3.01. The third kappa shape index (κ3) is 12.0. The topological polar surface area (TPSA) is 77.8 Å². The van der Waals surface area contributed by atoms with Gasteiger partial charge >= 0.3 is 0 Å². The van der Waals surface area contributed by atoms with E-state index in [-0.39, 0.29) is 24.9 Å². The summed E-state index contributed by atoms with van der Waals surface area (Å²) in [6, 6.07) is 0. The summed E-state index contributed by atoms with van der Waals surface area (Å²) >= 11 is 0. The van der Waals surface area contributed by atoms with E-state index in [0.29, 0.717) is 24.7 Å². The fourth-order valence-corrected chi connectivity index (χ4v) is 3.01. The molecule has 4 nitrogen and oxygen atoms in total. The first-order valence-corrected chi connectivity index (χ1v) is 9.68. The third-order valence-corrected chi connectivity index (χ3v) is 5.13. The molecule has 0 spiro atoms. The maximum Gasteiger partial charge on any atom is 0.135 e. The number of carbonyl (C=O) groups excluding carboxylic acids is 1. The second-order valence-electron chi connectivity index (χ2n) is 8.09. The molecule has 24 heavy (non-hydrogen) atoms. The highest BCUT2D eigenvalue weighted by Gasteiger charge is 2.20. The summed E-state index contributed by atoms with van der Waals surface area (Å²) in [6.45, 7) is 8.28. The molecule has 0 aromatic heterocycles. The van der Waals surface area contributed by atoms with Crippen molar-refractivity contribution >= 4 is 5.78 Å². The van der Waals surface area contributed by atoms with Crippen LogP contribution in [0, 0.1) is 17.8 Å². The Kier molecular flexibility index (Phi) is 12.6. The van der Waals surface area contributed by atoms with Crippen molar-refractivity contribution in [1.82, 2.24) is 0 Å². The average Bonchev–Trinajstić information content (AvgIpc) is 2.52. The van der Waals surface area contributed by atoms with Crippen LogP contribution in [0.4, 0.5) is 0 Å². The molecule has 0 bridgehead atoms. The molecular formula is C20H40O4. The molecule has 0 aliphatic carbocycles. The maximum absolute atomic E-state index is 11.9. The quantitative estimate of drug-likeness (QED) is 0.423. The first-order chi connectivity index (χ1) is 11.2. The molecule has 0 aliphatic heterocycles. The Morgan fingerprint density at radius 2 is 1.46 bits per heavy atom. The van der Waals surface area contributed by atoms with Crippen LogP contribution in [-0.2, 0) is 4.79 Å². The van der Waals surface area contributed by atoms with Gasteiger partial charge in [-0.3, -0.25) is 4.79 Å². The Bertz CT molecular complexity index is 328. The third-order valence-electron chi connectivity index (χ3n) is 5.13. The second-order valence-corrected chi connectivity index (χ2v) is 8.09. The number of rotatable bonds is 15. The number of ketones is 1. The van der Waals surface area contributed by atoms with Crippen molar-refractivity contribution in [2.75, 3.05) is 13.2 Å². The number of carbonyl (C=O) groups is 1. The molecule has 0 rings (SSSR count). The molecule has 0 radical (unpaired) electrons. The summed E-state index contributed by atoms with van der Waals surface area (Å²) in [6.07, 6.45) is 7.53. The summed E-state index contributed by atoms with van der Waals surface area (Å²) in [4.78, 5) is 11.9. The lowest BCUT2D eigenvalue weighted by Gasteiger charge is -2.24. The number of Topliss-reactive ketones (excluding diaryl/α,β-unsaturated/α-hetero) is 1. The van der Waals surface area contributed by atoms with Crippen molar-refractivity contribution in [3.63, 3.8) is 0 Å². The summed E-state index contributed by atoms with van der Waals surface area (Å²) in [5.74, 6) is 1.01. The fraction of sp³-hybridized carbons (Fsp3) is 0.950. The highest BCUT2D eigenvalue weighted by Crippen LogP contribution is 2.24. The van der Waals surface area contributed by atoms with Crippen LogP contribution < -0.4 is 0 Å². The van der Waals surface area contributed by atoms with Gasteiger partial charge in [-0.05, 0) is 50.9 Å². The zero-order valence-electron chi connectivity index (χ0n) is 16.3. The summed E-state index contributed by atoms with van der Waals surface area (Å²) in [5, 5.41) is 28.3. The van der Waals surface area contributed by atoms with Crippen molar-refractivity contribution in [3.8, 4) is 0 Å². The van der Waals surface area contributed by atoms with Gasteiger partial charge in [0.05, 0.1) is 5.60 Å². The van der Waals surface area contributed by atoms with E-state index >= 15 is 0 Å². The van der Waals surface area contributed by atoms with Crippen molar-refractivity contribution in [2.45, 2.75) is 91.1 Å². The zero-order chi connectivity index (χ0) is 18.6. The van der Waals surface area contributed by atoms with Crippen LogP contribution in [0.5, 0.6) is 0 Å². The molecule has 0 saturated heterocycles. The monoisotopic (exact) mass is 344 g/mol. The molecule has 0 aliphatic rings. The molecular weight excluding hydrogens is 304 g/mol. The van der Waals surface area contributed by atoms with Crippen LogP contribution in [0.15, 0.2) is 0 Å². The van der Waals surface area contributed by atoms with E-state index in [9.17, 15) is 9.90 Å². The molecule has 3 N–H and O–H groups in total. The molecule has 0 aromatic carbocycles. The molecule has 0 saturated carbocycles. The van der Waals surface area contributed by atoms with Crippen molar-refractivity contribution in [3.05, 3.63) is 0 Å². The van der Waals surface area contributed by atoms with Crippen LogP contribution in [0.25, 0.3) is 0 Å². The highest BCUT2D eigenvalue weighted by molar-refractivity contribution is 5.80. The predicted molar refractivity (Wildman–Crippen MR) is 98.8 cm³/mol. The molecule has 4 atom stereocenters.